The van der Waals surface area contributed by atoms with Gasteiger partial charge in [0, 0.05) is 30.9 Å². The van der Waals surface area contributed by atoms with Gasteiger partial charge in [0.05, 0.1) is 9.77 Å². The standard InChI is InChI=1S/C24H27N3O4S2/c1-4-27(5-2)33(30,31)22-15-20(13-8-17(22)3)26-23(28)19-11-9-18(10-12-19)16-25-24(29)21-7-6-14-32-21/h6-15H,4-5,16H2,1-3H3,(H,25,29)(H,26,28). The molecule has 0 fully saturated rings. The first-order valence-corrected chi connectivity index (χ1v) is 12.9. The highest BCUT2D eigenvalue weighted by atomic mass is 32.2. The van der Waals surface area contributed by atoms with Gasteiger partial charge in [0.25, 0.3) is 11.8 Å². The fraction of sp³-hybridized carbons (Fsp3) is 0.250. The topological polar surface area (TPSA) is 95.6 Å². The summed E-state index contributed by atoms with van der Waals surface area (Å²) in [5.74, 6) is -0.485. The predicted molar refractivity (Wildman–Crippen MR) is 131 cm³/mol. The molecule has 0 bridgehead atoms. The summed E-state index contributed by atoms with van der Waals surface area (Å²) in [5, 5.41) is 7.46. The Kier molecular flexibility index (Phi) is 8.01. The van der Waals surface area contributed by atoms with Crippen molar-refractivity contribution in [3.8, 4) is 0 Å². The second-order valence-corrected chi connectivity index (χ2v) is 10.2. The van der Waals surface area contributed by atoms with Crippen LogP contribution in [-0.2, 0) is 16.6 Å². The van der Waals surface area contributed by atoms with Gasteiger partial charge in [0.1, 0.15) is 0 Å². The molecule has 1 aromatic heterocycles. The molecule has 0 spiro atoms. The molecule has 3 rings (SSSR count). The average molecular weight is 486 g/mol. The highest BCUT2D eigenvalue weighted by Gasteiger charge is 2.24. The number of carbonyl (C=O) groups excluding carboxylic acids is 2. The molecule has 0 aliphatic heterocycles. The van der Waals surface area contributed by atoms with Crippen LogP contribution in [0.5, 0.6) is 0 Å². The number of amides is 2. The van der Waals surface area contributed by atoms with Gasteiger partial charge < -0.3 is 10.6 Å². The molecule has 2 amide bonds. The van der Waals surface area contributed by atoms with Crippen LogP contribution >= 0.6 is 11.3 Å². The third-order valence-electron chi connectivity index (χ3n) is 5.18. The van der Waals surface area contributed by atoms with Crippen LogP contribution in [0.3, 0.4) is 0 Å². The van der Waals surface area contributed by atoms with Crippen molar-refractivity contribution in [2.45, 2.75) is 32.2 Å². The maximum Gasteiger partial charge on any atom is 0.261 e. The number of hydrogen-bond acceptors (Lipinski definition) is 5. The zero-order valence-corrected chi connectivity index (χ0v) is 20.4. The van der Waals surface area contributed by atoms with E-state index in [1.807, 2.05) is 11.4 Å². The lowest BCUT2D eigenvalue weighted by Gasteiger charge is -2.20. The summed E-state index contributed by atoms with van der Waals surface area (Å²) in [7, 11) is -3.64. The second-order valence-electron chi connectivity index (χ2n) is 7.38. The van der Waals surface area contributed by atoms with Gasteiger partial charge in [0.15, 0.2) is 0 Å². The van der Waals surface area contributed by atoms with Crippen LogP contribution in [0.15, 0.2) is 64.9 Å². The second kappa shape index (κ2) is 10.7. The van der Waals surface area contributed by atoms with Crippen LogP contribution in [-0.4, -0.2) is 37.6 Å². The molecule has 9 heteroatoms. The van der Waals surface area contributed by atoms with Crippen molar-refractivity contribution in [2.75, 3.05) is 18.4 Å². The van der Waals surface area contributed by atoms with Gasteiger partial charge in [0.2, 0.25) is 10.0 Å². The van der Waals surface area contributed by atoms with E-state index < -0.39 is 10.0 Å². The van der Waals surface area contributed by atoms with E-state index in [1.54, 1.807) is 63.2 Å². The summed E-state index contributed by atoms with van der Waals surface area (Å²) >= 11 is 1.38. The number of thiophene rings is 1. The Morgan fingerprint density at radius 2 is 1.67 bits per heavy atom. The number of carbonyl (C=O) groups is 2. The predicted octanol–water partition coefficient (Wildman–Crippen LogP) is 4.27. The number of anilines is 1. The normalized spacial score (nSPS) is 11.4. The van der Waals surface area contributed by atoms with Crippen LogP contribution in [0.1, 0.15) is 45.0 Å². The Balaban J connectivity index is 1.68. The number of nitrogens with one attached hydrogen (secondary N) is 2. The number of benzene rings is 2. The van der Waals surface area contributed by atoms with E-state index in [1.165, 1.54) is 21.7 Å². The fourth-order valence-corrected chi connectivity index (χ4v) is 5.66. The number of rotatable bonds is 9. The SMILES string of the molecule is CCN(CC)S(=O)(=O)c1cc(NC(=O)c2ccc(CNC(=O)c3cccs3)cc2)ccc1C. The molecule has 7 nitrogen and oxygen atoms in total. The van der Waals surface area contributed by atoms with E-state index in [9.17, 15) is 18.0 Å². The summed E-state index contributed by atoms with van der Waals surface area (Å²) in [6.45, 7) is 6.41. The van der Waals surface area contributed by atoms with E-state index >= 15 is 0 Å². The summed E-state index contributed by atoms with van der Waals surface area (Å²) in [6.07, 6.45) is 0. The molecule has 3 aromatic rings. The molecule has 2 aromatic carbocycles. The smallest absolute Gasteiger partial charge is 0.261 e. The summed E-state index contributed by atoms with van der Waals surface area (Å²) in [5.41, 5.74) is 2.31. The lowest BCUT2D eigenvalue weighted by atomic mass is 10.1. The van der Waals surface area contributed by atoms with Crippen molar-refractivity contribution in [1.82, 2.24) is 9.62 Å². The van der Waals surface area contributed by atoms with Crippen molar-refractivity contribution >= 4 is 38.9 Å². The molecular weight excluding hydrogens is 458 g/mol. The van der Waals surface area contributed by atoms with E-state index in [0.717, 1.165) is 5.56 Å². The minimum absolute atomic E-state index is 0.137. The first kappa shape index (κ1) is 24.6. The van der Waals surface area contributed by atoms with Crippen LogP contribution in [0.4, 0.5) is 5.69 Å². The summed E-state index contributed by atoms with van der Waals surface area (Å²) < 4.78 is 27.2. The molecule has 1 heterocycles. The summed E-state index contributed by atoms with van der Waals surface area (Å²) in [6, 6.07) is 15.3. The van der Waals surface area contributed by atoms with E-state index in [2.05, 4.69) is 10.6 Å². The number of sulfonamides is 1. The third kappa shape index (κ3) is 5.87. The van der Waals surface area contributed by atoms with Gasteiger partial charge in [-0.3, -0.25) is 9.59 Å². The van der Waals surface area contributed by atoms with Gasteiger partial charge >= 0.3 is 0 Å². The van der Waals surface area contributed by atoms with Crippen molar-refractivity contribution < 1.29 is 18.0 Å². The van der Waals surface area contributed by atoms with Crippen molar-refractivity contribution in [3.05, 3.63) is 81.5 Å². The van der Waals surface area contributed by atoms with E-state index in [-0.39, 0.29) is 16.7 Å². The monoisotopic (exact) mass is 485 g/mol. The summed E-state index contributed by atoms with van der Waals surface area (Å²) in [4.78, 5) is 25.6. The minimum atomic E-state index is -3.64. The van der Waals surface area contributed by atoms with Gasteiger partial charge in [-0.25, -0.2) is 8.42 Å². The first-order chi connectivity index (χ1) is 15.8. The maximum absolute atomic E-state index is 12.9. The largest absolute Gasteiger partial charge is 0.347 e. The van der Waals surface area contributed by atoms with Crippen LogP contribution in [0.25, 0.3) is 0 Å². The number of hydrogen-bond donors (Lipinski definition) is 2. The molecule has 0 radical (unpaired) electrons. The van der Waals surface area contributed by atoms with Crippen molar-refractivity contribution in [2.24, 2.45) is 0 Å². The Hall–Kier alpha value is -3.01. The van der Waals surface area contributed by atoms with Gasteiger partial charge in [-0.1, -0.05) is 38.1 Å². The molecule has 174 valence electrons. The van der Waals surface area contributed by atoms with Gasteiger partial charge in [-0.2, -0.15) is 4.31 Å². The van der Waals surface area contributed by atoms with Gasteiger partial charge in [-0.05, 0) is 53.8 Å². The van der Waals surface area contributed by atoms with Crippen LogP contribution in [0, 0.1) is 6.92 Å². The number of aryl methyl sites for hydroxylation is 1. The van der Waals surface area contributed by atoms with Crippen molar-refractivity contribution in [3.63, 3.8) is 0 Å². The first-order valence-electron chi connectivity index (χ1n) is 10.6. The maximum atomic E-state index is 12.9. The van der Waals surface area contributed by atoms with E-state index in [0.29, 0.717) is 41.3 Å². The zero-order valence-electron chi connectivity index (χ0n) is 18.8. The Morgan fingerprint density at radius 1 is 0.970 bits per heavy atom. The van der Waals surface area contributed by atoms with E-state index in [4.69, 9.17) is 0 Å². The zero-order chi connectivity index (χ0) is 24.0. The Labute approximate surface area is 198 Å². The molecule has 0 saturated carbocycles. The molecule has 2 N–H and O–H groups in total. The molecule has 0 aliphatic rings. The lowest BCUT2D eigenvalue weighted by Crippen LogP contribution is -2.31. The fourth-order valence-electron chi connectivity index (χ4n) is 3.31. The third-order valence-corrected chi connectivity index (χ3v) is 8.24. The average Bonchev–Trinajstić information content (AvgIpc) is 3.35. The molecule has 0 saturated heterocycles. The molecule has 0 atom stereocenters. The Bertz CT molecular complexity index is 1220. The highest BCUT2D eigenvalue weighted by molar-refractivity contribution is 7.89. The number of nitrogens with zero attached hydrogens (tertiary/aromatic N) is 1. The minimum Gasteiger partial charge on any atom is -0.347 e. The van der Waals surface area contributed by atoms with Gasteiger partial charge in [-0.15, -0.1) is 11.3 Å². The van der Waals surface area contributed by atoms with Crippen LogP contribution in [0.2, 0.25) is 0 Å². The Morgan fingerprint density at radius 3 is 2.27 bits per heavy atom. The molecule has 0 unspecified atom stereocenters. The lowest BCUT2D eigenvalue weighted by molar-refractivity contribution is 0.0953. The van der Waals surface area contributed by atoms with Crippen LogP contribution < -0.4 is 10.6 Å². The highest BCUT2D eigenvalue weighted by Crippen LogP contribution is 2.24. The molecular formula is C24H27N3O4S2. The van der Waals surface area contributed by atoms with Crippen molar-refractivity contribution in [1.29, 1.82) is 0 Å². The molecule has 0 aliphatic carbocycles. The quantitative estimate of drug-likeness (QED) is 0.473. The molecule has 33 heavy (non-hydrogen) atoms.